The fraction of sp³-hybridized carbons (Fsp3) is 1.00. The van der Waals surface area contributed by atoms with Crippen molar-refractivity contribution in [3.63, 3.8) is 0 Å². The third-order valence-electron chi connectivity index (χ3n) is 3.18. The minimum atomic E-state index is -0.576. The van der Waals surface area contributed by atoms with Gasteiger partial charge >= 0.3 is 0 Å². The molecule has 84 valence electrons. The summed E-state index contributed by atoms with van der Waals surface area (Å²) in [6, 6.07) is 0. The highest BCUT2D eigenvalue weighted by atomic mass is 16.3. The molecule has 0 aromatic rings. The van der Waals surface area contributed by atoms with Gasteiger partial charge in [-0.3, -0.25) is 0 Å². The number of rotatable bonds is 4. The number of piperidine rings is 1. The first kappa shape index (κ1) is 12.0. The Kier molecular flexibility index (Phi) is 4.85. The van der Waals surface area contributed by atoms with E-state index in [-0.39, 0.29) is 0 Å². The second-order valence-corrected chi connectivity index (χ2v) is 4.53. The molecule has 0 saturated carbocycles. The molecule has 2 N–H and O–H groups in total. The summed E-state index contributed by atoms with van der Waals surface area (Å²) in [5.41, 5.74) is 0. The Morgan fingerprint density at radius 3 is 2.29 bits per heavy atom. The van der Waals surface area contributed by atoms with Gasteiger partial charge < -0.3 is 15.1 Å². The van der Waals surface area contributed by atoms with Crippen LogP contribution in [0.15, 0.2) is 0 Å². The Balaban J connectivity index is 2.23. The smallest absolute Gasteiger partial charge is 0.0925 e. The molecule has 2 atom stereocenters. The Hall–Kier alpha value is -0.120. The molecule has 2 unspecified atom stereocenters. The highest BCUT2D eigenvalue weighted by Gasteiger charge is 2.21. The summed E-state index contributed by atoms with van der Waals surface area (Å²) in [6.45, 7) is 6.92. The van der Waals surface area contributed by atoms with Crippen molar-refractivity contribution in [2.75, 3.05) is 19.6 Å². The summed E-state index contributed by atoms with van der Waals surface area (Å²) in [7, 11) is 0. The lowest BCUT2D eigenvalue weighted by Crippen LogP contribution is -2.42. The second kappa shape index (κ2) is 5.69. The lowest BCUT2D eigenvalue weighted by Gasteiger charge is -2.32. The first-order valence-corrected chi connectivity index (χ1v) is 5.72. The zero-order chi connectivity index (χ0) is 10.6. The van der Waals surface area contributed by atoms with E-state index in [9.17, 15) is 10.2 Å². The summed E-state index contributed by atoms with van der Waals surface area (Å²) in [5, 5.41) is 19.1. The van der Waals surface area contributed by atoms with Gasteiger partial charge in [-0.15, -0.1) is 0 Å². The van der Waals surface area contributed by atoms with E-state index in [0.717, 1.165) is 19.0 Å². The van der Waals surface area contributed by atoms with Crippen molar-refractivity contribution in [1.29, 1.82) is 0 Å². The van der Waals surface area contributed by atoms with Crippen LogP contribution < -0.4 is 0 Å². The molecular formula is C11H23NO2. The van der Waals surface area contributed by atoms with Gasteiger partial charge in [0.1, 0.15) is 0 Å². The van der Waals surface area contributed by atoms with Gasteiger partial charge in [-0.05, 0) is 38.3 Å². The van der Waals surface area contributed by atoms with Gasteiger partial charge in [-0.2, -0.15) is 0 Å². The maximum atomic E-state index is 9.64. The quantitative estimate of drug-likeness (QED) is 0.708. The fourth-order valence-electron chi connectivity index (χ4n) is 1.90. The van der Waals surface area contributed by atoms with Crippen LogP contribution in [-0.2, 0) is 0 Å². The molecular weight excluding hydrogens is 178 g/mol. The third-order valence-corrected chi connectivity index (χ3v) is 3.18. The van der Waals surface area contributed by atoms with Crippen molar-refractivity contribution in [2.24, 2.45) is 5.92 Å². The summed E-state index contributed by atoms with van der Waals surface area (Å²) in [6.07, 6.45) is 1.93. The first-order valence-electron chi connectivity index (χ1n) is 5.72. The molecule has 1 fully saturated rings. The second-order valence-electron chi connectivity index (χ2n) is 4.53. The highest BCUT2D eigenvalue weighted by Crippen LogP contribution is 2.16. The summed E-state index contributed by atoms with van der Waals surface area (Å²) >= 11 is 0. The molecule has 3 heteroatoms. The minimum Gasteiger partial charge on any atom is -0.390 e. The average molecular weight is 201 g/mol. The molecule has 0 spiro atoms. The first-order chi connectivity index (χ1) is 6.63. The Bertz CT molecular complexity index is 155. The molecule has 0 aromatic heterocycles. The normalized spacial score (nSPS) is 24.9. The van der Waals surface area contributed by atoms with Gasteiger partial charge in [0, 0.05) is 6.54 Å². The maximum Gasteiger partial charge on any atom is 0.0925 e. The molecule has 0 radical (unpaired) electrons. The fourth-order valence-corrected chi connectivity index (χ4v) is 1.90. The molecule has 1 saturated heterocycles. The number of likely N-dealkylation sites (tertiary alicyclic amines) is 1. The largest absolute Gasteiger partial charge is 0.390 e. The van der Waals surface area contributed by atoms with Gasteiger partial charge in [0.15, 0.2) is 0 Å². The van der Waals surface area contributed by atoms with Crippen LogP contribution in [0, 0.1) is 5.92 Å². The van der Waals surface area contributed by atoms with Crippen LogP contribution in [0.4, 0.5) is 0 Å². The van der Waals surface area contributed by atoms with Gasteiger partial charge in [-0.25, -0.2) is 0 Å². The number of β-amino-alcohol motifs (C(OH)–C–C–N with tert-alkyl or cyclic N) is 1. The highest BCUT2D eigenvalue weighted by molar-refractivity contribution is 4.75. The van der Waals surface area contributed by atoms with Crippen LogP contribution in [0.3, 0.4) is 0 Å². The molecule has 1 aliphatic rings. The molecule has 1 rings (SSSR count). The van der Waals surface area contributed by atoms with Crippen molar-refractivity contribution in [3.8, 4) is 0 Å². The molecule has 0 aromatic carbocycles. The number of hydrogen-bond acceptors (Lipinski definition) is 3. The average Bonchev–Trinajstić information content (AvgIpc) is 2.20. The van der Waals surface area contributed by atoms with Crippen LogP contribution in [0.5, 0.6) is 0 Å². The number of aliphatic hydroxyl groups excluding tert-OH is 2. The van der Waals surface area contributed by atoms with E-state index in [0.29, 0.717) is 13.0 Å². The number of hydrogen-bond donors (Lipinski definition) is 2. The van der Waals surface area contributed by atoms with Crippen molar-refractivity contribution >= 4 is 0 Å². The zero-order valence-electron chi connectivity index (χ0n) is 9.32. The maximum absolute atomic E-state index is 9.64. The Morgan fingerprint density at radius 1 is 1.21 bits per heavy atom. The topological polar surface area (TPSA) is 43.7 Å². The monoisotopic (exact) mass is 201 g/mol. The van der Waals surface area contributed by atoms with Crippen LogP contribution in [0.2, 0.25) is 0 Å². The van der Waals surface area contributed by atoms with Crippen LogP contribution in [0.1, 0.15) is 33.1 Å². The van der Waals surface area contributed by atoms with Gasteiger partial charge in [0.05, 0.1) is 12.2 Å². The molecule has 0 bridgehead atoms. The van der Waals surface area contributed by atoms with E-state index < -0.39 is 12.2 Å². The van der Waals surface area contributed by atoms with Crippen LogP contribution in [-0.4, -0.2) is 47.0 Å². The predicted molar refractivity (Wildman–Crippen MR) is 57.1 cm³/mol. The van der Waals surface area contributed by atoms with Crippen LogP contribution in [0.25, 0.3) is 0 Å². The molecule has 3 nitrogen and oxygen atoms in total. The number of aliphatic hydroxyl groups is 2. The van der Waals surface area contributed by atoms with E-state index >= 15 is 0 Å². The standard InChI is InChI=1S/C11H23NO2/c1-3-10(13)11(14)8-12-6-4-9(2)5-7-12/h9-11,13-14H,3-8H2,1-2H3. The molecule has 14 heavy (non-hydrogen) atoms. The molecule has 0 aliphatic carbocycles. The van der Waals surface area contributed by atoms with Gasteiger partial charge in [0.25, 0.3) is 0 Å². The molecule has 1 heterocycles. The van der Waals surface area contributed by atoms with E-state index in [1.165, 1.54) is 12.8 Å². The summed E-state index contributed by atoms with van der Waals surface area (Å²) in [5.74, 6) is 0.819. The van der Waals surface area contributed by atoms with Crippen molar-refractivity contribution < 1.29 is 10.2 Å². The Labute approximate surface area is 86.7 Å². The number of nitrogens with zero attached hydrogens (tertiary/aromatic N) is 1. The predicted octanol–water partition coefficient (Wildman–Crippen LogP) is 0.850. The molecule has 1 aliphatic heterocycles. The summed E-state index contributed by atoms with van der Waals surface area (Å²) < 4.78 is 0. The van der Waals surface area contributed by atoms with Gasteiger partial charge in [-0.1, -0.05) is 13.8 Å². The van der Waals surface area contributed by atoms with E-state index in [4.69, 9.17) is 0 Å². The van der Waals surface area contributed by atoms with Crippen molar-refractivity contribution in [2.45, 2.75) is 45.3 Å². The lowest BCUT2D eigenvalue weighted by molar-refractivity contribution is -0.00894. The third kappa shape index (κ3) is 3.56. The zero-order valence-corrected chi connectivity index (χ0v) is 9.32. The van der Waals surface area contributed by atoms with Crippen molar-refractivity contribution in [3.05, 3.63) is 0 Å². The summed E-state index contributed by atoms with van der Waals surface area (Å²) in [4.78, 5) is 2.25. The van der Waals surface area contributed by atoms with Crippen LogP contribution >= 0.6 is 0 Å². The Morgan fingerprint density at radius 2 is 1.79 bits per heavy atom. The van der Waals surface area contributed by atoms with E-state index in [2.05, 4.69) is 11.8 Å². The molecule has 0 amide bonds. The van der Waals surface area contributed by atoms with E-state index in [1.807, 2.05) is 6.92 Å². The van der Waals surface area contributed by atoms with Gasteiger partial charge in [0.2, 0.25) is 0 Å². The lowest BCUT2D eigenvalue weighted by atomic mass is 9.98. The SMILES string of the molecule is CCC(O)C(O)CN1CCC(C)CC1. The minimum absolute atomic E-state index is 0.561. The van der Waals surface area contributed by atoms with Crippen molar-refractivity contribution in [1.82, 2.24) is 4.90 Å². The van der Waals surface area contributed by atoms with E-state index in [1.54, 1.807) is 0 Å².